The maximum Gasteiger partial charge on any atom is 0.416 e. The molecule has 1 aliphatic rings. The molecule has 1 aromatic rings. The Balaban J connectivity index is 2.28. The van der Waals surface area contributed by atoms with Gasteiger partial charge in [-0.25, -0.2) is 0 Å². The van der Waals surface area contributed by atoms with Gasteiger partial charge in [-0.2, -0.15) is 21.6 Å². The molecule has 0 unspecified atom stereocenters. The van der Waals surface area contributed by atoms with E-state index in [1.165, 1.54) is 12.2 Å². The van der Waals surface area contributed by atoms with Crippen LogP contribution in [0.2, 0.25) is 0 Å². The van der Waals surface area contributed by atoms with E-state index in [1.54, 1.807) is 20.8 Å². The number of oxime groups is 1. The molecule has 0 amide bonds. The smallest absolute Gasteiger partial charge is 0.290 e. The molecule has 0 heterocycles. The summed E-state index contributed by atoms with van der Waals surface area (Å²) in [5, 5.41) is 3.56. The van der Waals surface area contributed by atoms with E-state index in [0.717, 1.165) is 12.1 Å². The average molecular weight is 387 g/mol. The molecule has 0 atom stereocenters. The lowest BCUT2D eigenvalue weighted by atomic mass is 9.90. The largest absolute Gasteiger partial charge is 0.416 e. The molecule has 2 rings (SSSR count). The quantitative estimate of drug-likeness (QED) is 0.581. The molecule has 1 aliphatic carbocycles. The van der Waals surface area contributed by atoms with Gasteiger partial charge in [-0.1, -0.05) is 19.0 Å². The number of alkyl halides is 3. The number of allylic oxidation sites excluding steroid dienone is 4. The predicted octanol–water partition coefficient (Wildman–Crippen LogP) is 3.88. The van der Waals surface area contributed by atoms with E-state index in [2.05, 4.69) is 9.44 Å². The van der Waals surface area contributed by atoms with Gasteiger partial charge >= 0.3 is 16.3 Å². The molecule has 0 aromatic heterocycles. The molecule has 0 bridgehead atoms. The first-order valence-corrected chi connectivity index (χ1v) is 8.96. The zero-order chi connectivity index (χ0) is 19.7. The fraction of sp³-hybridized carbons (Fsp3) is 0.294. The zero-order valence-electron chi connectivity index (χ0n) is 14.2. The minimum absolute atomic E-state index is 0.0939. The van der Waals surface area contributed by atoms with E-state index >= 15 is 0 Å². The third kappa shape index (κ3) is 4.40. The summed E-state index contributed by atoms with van der Waals surface area (Å²) in [4.78, 5) is 11.4. The second kappa shape index (κ2) is 7.06. The van der Waals surface area contributed by atoms with Crippen molar-refractivity contribution in [2.45, 2.75) is 31.8 Å². The second-order valence-corrected chi connectivity index (χ2v) is 7.50. The van der Waals surface area contributed by atoms with Crippen molar-refractivity contribution < 1.29 is 30.7 Å². The van der Waals surface area contributed by atoms with E-state index < -0.39 is 26.8 Å². The fourth-order valence-corrected chi connectivity index (χ4v) is 2.91. The Bertz CT molecular complexity index is 908. The van der Waals surface area contributed by atoms with E-state index in [1.807, 2.05) is 0 Å². The van der Waals surface area contributed by atoms with E-state index in [-0.39, 0.29) is 17.4 Å². The van der Waals surface area contributed by atoms with Gasteiger partial charge < -0.3 is 0 Å². The lowest BCUT2D eigenvalue weighted by Gasteiger charge is -2.14. The molecule has 0 saturated heterocycles. The highest BCUT2D eigenvalue weighted by Crippen LogP contribution is 2.30. The molecule has 0 spiro atoms. The van der Waals surface area contributed by atoms with E-state index in [4.69, 9.17) is 0 Å². The summed E-state index contributed by atoms with van der Waals surface area (Å²) in [5.74, 6) is -0.286. The number of benzene rings is 1. The van der Waals surface area contributed by atoms with Crippen LogP contribution in [0.25, 0.3) is 0 Å². The number of ketones is 1. The molecule has 0 aliphatic heterocycles. The number of rotatable bonds is 4. The maximum atomic E-state index is 12.5. The second-order valence-electron chi connectivity index (χ2n) is 5.97. The maximum absolute atomic E-state index is 12.5. The normalized spacial score (nSPS) is 17.3. The number of carbonyl (C=O) groups excluding carboxylic acids is 1. The third-order valence-corrected chi connectivity index (χ3v) is 4.77. The van der Waals surface area contributed by atoms with Gasteiger partial charge in [0, 0.05) is 5.57 Å². The SMILES string of the molecule is CC1=CC(=O)C(C(C)C)=C/C1=N/OS(=O)(=O)c1ccc(C(F)(F)F)cc1. The molecule has 1 aromatic carbocycles. The predicted molar refractivity (Wildman–Crippen MR) is 88.8 cm³/mol. The summed E-state index contributed by atoms with van der Waals surface area (Å²) >= 11 is 0. The van der Waals surface area contributed by atoms with Crippen LogP contribution in [0.4, 0.5) is 13.2 Å². The number of hydrogen-bond donors (Lipinski definition) is 0. The van der Waals surface area contributed by atoms with E-state index in [0.29, 0.717) is 23.3 Å². The summed E-state index contributed by atoms with van der Waals surface area (Å²) in [7, 11) is -4.39. The standard InChI is InChI=1S/C17H16F3NO4S/c1-10(2)14-9-15(11(3)8-16(14)22)21-25-26(23,24)13-6-4-12(5-7-13)17(18,19)20/h4-10H,1-3H3/b21-15-. The Morgan fingerprint density at radius 3 is 2.15 bits per heavy atom. The molecule has 0 N–H and O–H groups in total. The van der Waals surface area contributed by atoms with Crippen LogP contribution >= 0.6 is 0 Å². The molecular formula is C17H16F3NO4S. The number of carbonyl (C=O) groups is 1. The third-order valence-electron chi connectivity index (χ3n) is 3.65. The van der Waals surface area contributed by atoms with Crippen molar-refractivity contribution in [3.63, 3.8) is 0 Å². The summed E-state index contributed by atoms with van der Waals surface area (Å²) in [6.07, 6.45) is -1.81. The molecule has 26 heavy (non-hydrogen) atoms. The summed E-state index contributed by atoms with van der Waals surface area (Å²) in [6, 6.07) is 2.87. The van der Waals surface area contributed by atoms with Gasteiger partial charge in [0.2, 0.25) is 0 Å². The van der Waals surface area contributed by atoms with Crippen LogP contribution in [0.1, 0.15) is 26.3 Å². The highest BCUT2D eigenvalue weighted by molar-refractivity contribution is 7.86. The van der Waals surface area contributed by atoms with Crippen molar-refractivity contribution in [3.05, 3.63) is 53.1 Å². The van der Waals surface area contributed by atoms with Crippen molar-refractivity contribution in [1.82, 2.24) is 0 Å². The molecule has 5 nitrogen and oxygen atoms in total. The van der Waals surface area contributed by atoms with Gasteiger partial charge in [-0.05, 0) is 54.8 Å². The van der Waals surface area contributed by atoms with Gasteiger partial charge in [-0.3, -0.25) is 9.08 Å². The Morgan fingerprint density at radius 1 is 1.08 bits per heavy atom. The Hall–Kier alpha value is -2.42. The van der Waals surface area contributed by atoms with Gasteiger partial charge in [0.1, 0.15) is 10.6 Å². The van der Waals surface area contributed by atoms with Gasteiger partial charge in [0.25, 0.3) is 0 Å². The van der Waals surface area contributed by atoms with Crippen molar-refractivity contribution in [3.8, 4) is 0 Å². The minimum atomic E-state index is -4.57. The molecule has 140 valence electrons. The zero-order valence-corrected chi connectivity index (χ0v) is 15.0. The van der Waals surface area contributed by atoms with Crippen LogP contribution in [-0.4, -0.2) is 19.9 Å². The van der Waals surface area contributed by atoms with Crippen LogP contribution in [0.15, 0.2) is 57.6 Å². The van der Waals surface area contributed by atoms with Crippen molar-refractivity contribution in [2.75, 3.05) is 0 Å². The molecule has 0 saturated carbocycles. The van der Waals surface area contributed by atoms with Crippen molar-refractivity contribution in [2.24, 2.45) is 11.1 Å². The van der Waals surface area contributed by atoms with Gasteiger partial charge in [0.05, 0.1) is 5.56 Å². The van der Waals surface area contributed by atoms with Gasteiger partial charge in [0.15, 0.2) is 5.78 Å². The Morgan fingerprint density at radius 2 is 1.65 bits per heavy atom. The Labute approximate surface area is 149 Å². The topological polar surface area (TPSA) is 72.8 Å². The first kappa shape index (κ1) is 19.9. The molecular weight excluding hydrogens is 371 g/mol. The van der Waals surface area contributed by atoms with Gasteiger partial charge in [-0.15, -0.1) is 0 Å². The molecule has 0 fully saturated rings. The van der Waals surface area contributed by atoms with Crippen LogP contribution in [0, 0.1) is 5.92 Å². The summed E-state index contributed by atoms with van der Waals surface area (Å²) < 4.78 is 66.4. The molecule has 0 radical (unpaired) electrons. The highest BCUT2D eigenvalue weighted by atomic mass is 32.2. The summed E-state index contributed by atoms with van der Waals surface area (Å²) in [5.41, 5.74) is 0.0486. The van der Waals surface area contributed by atoms with E-state index in [9.17, 15) is 26.4 Å². The lowest BCUT2D eigenvalue weighted by molar-refractivity contribution is -0.137. The summed E-state index contributed by atoms with van der Waals surface area (Å²) in [6.45, 7) is 5.17. The fourth-order valence-electron chi connectivity index (χ4n) is 2.18. The highest BCUT2D eigenvalue weighted by Gasteiger charge is 2.31. The van der Waals surface area contributed by atoms with Crippen LogP contribution in [-0.2, 0) is 25.4 Å². The number of hydrogen-bond acceptors (Lipinski definition) is 5. The first-order chi connectivity index (χ1) is 11.9. The monoisotopic (exact) mass is 387 g/mol. The Kier molecular flexibility index (Phi) is 5.41. The minimum Gasteiger partial charge on any atom is -0.290 e. The lowest BCUT2D eigenvalue weighted by Crippen LogP contribution is -2.16. The number of halogens is 3. The van der Waals surface area contributed by atoms with Crippen LogP contribution in [0.5, 0.6) is 0 Å². The molecule has 9 heteroatoms. The van der Waals surface area contributed by atoms with Crippen molar-refractivity contribution >= 4 is 21.6 Å². The average Bonchev–Trinajstić information content (AvgIpc) is 2.53. The van der Waals surface area contributed by atoms with Crippen molar-refractivity contribution in [1.29, 1.82) is 0 Å². The first-order valence-electron chi connectivity index (χ1n) is 7.55. The number of nitrogens with zero attached hydrogens (tertiary/aromatic N) is 1. The van der Waals surface area contributed by atoms with Crippen LogP contribution in [0.3, 0.4) is 0 Å². The van der Waals surface area contributed by atoms with Crippen LogP contribution < -0.4 is 0 Å².